The maximum atomic E-state index is 12.3. The van der Waals surface area contributed by atoms with Crippen LogP contribution in [0.2, 0.25) is 0 Å². The lowest BCUT2D eigenvalue weighted by atomic mass is 10.1. The highest BCUT2D eigenvalue weighted by Gasteiger charge is 2.37. The Morgan fingerprint density at radius 3 is 2.48 bits per heavy atom. The number of carbonyl (C=O) groups is 2. The third kappa shape index (κ3) is 4.29. The number of benzene rings is 1. The van der Waals surface area contributed by atoms with Crippen molar-refractivity contribution in [1.29, 1.82) is 0 Å². The maximum Gasteiger partial charge on any atom is 0.324 e. The van der Waals surface area contributed by atoms with Crippen LogP contribution in [0.3, 0.4) is 0 Å². The van der Waals surface area contributed by atoms with Crippen LogP contribution in [-0.2, 0) is 16.0 Å². The van der Waals surface area contributed by atoms with E-state index in [1.165, 1.54) is 4.90 Å². The van der Waals surface area contributed by atoms with Crippen molar-refractivity contribution in [2.24, 2.45) is 0 Å². The molecule has 1 aliphatic rings. The number of nitrogens with one attached hydrogen (secondary N) is 1. The Labute approximate surface area is 125 Å². The van der Waals surface area contributed by atoms with Crippen LogP contribution >= 0.6 is 0 Å². The van der Waals surface area contributed by atoms with Gasteiger partial charge in [0.25, 0.3) is 5.91 Å². The van der Waals surface area contributed by atoms with E-state index in [2.05, 4.69) is 5.32 Å². The number of imide groups is 1. The number of carbonyl (C=O) groups excluding carboxylic acids is 2. The molecule has 1 aromatic carbocycles. The molecule has 0 radical (unpaired) electrons. The second-order valence-corrected chi connectivity index (χ2v) is 6.14. The fourth-order valence-corrected chi connectivity index (χ4v) is 2.22. The molecule has 0 bridgehead atoms. The average Bonchev–Trinajstić information content (AvgIpc) is 2.66. The lowest BCUT2D eigenvalue weighted by Crippen LogP contribution is -2.36. The fourth-order valence-electron chi connectivity index (χ4n) is 2.22. The number of rotatable bonds is 5. The van der Waals surface area contributed by atoms with Gasteiger partial charge in [-0.15, -0.1) is 0 Å². The second kappa shape index (κ2) is 6.26. The summed E-state index contributed by atoms with van der Waals surface area (Å²) in [5.41, 5.74) is 0.756. The van der Waals surface area contributed by atoms with Gasteiger partial charge in [-0.05, 0) is 26.3 Å². The summed E-state index contributed by atoms with van der Waals surface area (Å²) in [6.07, 6.45) is 0.516. The molecule has 21 heavy (non-hydrogen) atoms. The highest BCUT2D eigenvalue weighted by Crippen LogP contribution is 2.13. The van der Waals surface area contributed by atoms with Crippen molar-refractivity contribution < 1.29 is 14.3 Å². The minimum Gasteiger partial charge on any atom is -0.374 e. The van der Waals surface area contributed by atoms with E-state index in [-0.39, 0.29) is 24.1 Å². The Bertz CT molecular complexity index is 508. The summed E-state index contributed by atoms with van der Waals surface area (Å²) in [7, 11) is 0. The first-order chi connectivity index (χ1) is 9.87. The lowest BCUT2D eigenvalue weighted by molar-refractivity contribution is -0.128. The molecule has 0 aliphatic carbocycles. The van der Waals surface area contributed by atoms with E-state index in [1.54, 1.807) is 0 Å². The third-order valence-corrected chi connectivity index (χ3v) is 3.24. The first-order valence-electron chi connectivity index (χ1n) is 7.16. The van der Waals surface area contributed by atoms with Crippen LogP contribution in [0.25, 0.3) is 0 Å². The first-order valence-corrected chi connectivity index (χ1v) is 7.16. The lowest BCUT2D eigenvalue weighted by Gasteiger charge is -2.21. The van der Waals surface area contributed by atoms with Gasteiger partial charge in [-0.2, -0.15) is 0 Å². The monoisotopic (exact) mass is 290 g/mol. The normalized spacial score (nSPS) is 19.0. The van der Waals surface area contributed by atoms with Gasteiger partial charge in [0.05, 0.1) is 18.8 Å². The standard InChI is InChI=1S/C16H22N2O3/c1-16(2,3)21-10-9-18-14(19)13(17-15(18)20)11-12-7-5-4-6-8-12/h4-8,13H,9-11H2,1-3H3,(H,17,20)/t13-/m1/s1. The molecule has 5 nitrogen and oxygen atoms in total. The summed E-state index contributed by atoms with van der Waals surface area (Å²) in [6, 6.07) is 8.86. The summed E-state index contributed by atoms with van der Waals surface area (Å²) < 4.78 is 5.57. The van der Waals surface area contributed by atoms with Crippen molar-refractivity contribution in [3.8, 4) is 0 Å². The molecule has 0 saturated carbocycles. The summed E-state index contributed by atoms with van der Waals surface area (Å²) in [5, 5.41) is 2.73. The number of amides is 3. The third-order valence-electron chi connectivity index (χ3n) is 3.24. The molecular weight excluding hydrogens is 268 g/mol. The van der Waals surface area contributed by atoms with Crippen LogP contribution in [0.4, 0.5) is 4.79 Å². The van der Waals surface area contributed by atoms with E-state index in [9.17, 15) is 9.59 Å². The minimum atomic E-state index is -0.477. The van der Waals surface area contributed by atoms with Gasteiger partial charge >= 0.3 is 6.03 Å². The molecule has 1 fully saturated rings. The van der Waals surface area contributed by atoms with Crippen molar-refractivity contribution in [2.75, 3.05) is 13.2 Å². The number of hydrogen-bond acceptors (Lipinski definition) is 3. The zero-order chi connectivity index (χ0) is 15.5. The summed E-state index contributed by atoms with van der Waals surface area (Å²) >= 11 is 0. The maximum absolute atomic E-state index is 12.3. The molecule has 0 aromatic heterocycles. The van der Waals surface area contributed by atoms with Crippen LogP contribution in [0.15, 0.2) is 30.3 Å². The van der Waals surface area contributed by atoms with Crippen LogP contribution in [0.1, 0.15) is 26.3 Å². The van der Waals surface area contributed by atoms with Gasteiger partial charge in [0.1, 0.15) is 6.04 Å². The Balaban J connectivity index is 1.91. The number of hydrogen-bond donors (Lipinski definition) is 1. The molecule has 3 amide bonds. The fraction of sp³-hybridized carbons (Fsp3) is 0.500. The van der Waals surface area contributed by atoms with Crippen LogP contribution in [0.5, 0.6) is 0 Å². The molecule has 1 aromatic rings. The van der Waals surface area contributed by atoms with E-state index in [4.69, 9.17) is 4.74 Å². The zero-order valence-electron chi connectivity index (χ0n) is 12.8. The topological polar surface area (TPSA) is 58.6 Å². The van der Waals surface area contributed by atoms with Crippen molar-refractivity contribution in [2.45, 2.75) is 38.8 Å². The Kier molecular flexibility index (Phi) is 4.63. The van der Waals surface area contributed by atoms with Gasteiger partial charge in [-0.3, -0.25) is 9.69 Å². The molecule has 1 saturated heterocycles. The predicted octanol–water partition coefficient (Wildman–Crippen LogP) is 1.96. The van der Waals surface area contributed by atoms with E-state index >= 15 is 0 Å². The summed E-state index contributed by atoms with van der Waals surface area (Å²) in [6.45, 7) is 6.46. The Morgan fingerprint density at radius 2 is 1.86 bits per heavy atom. The van der Waals surface area contributed by atoms with E-state index in [0.717, 1.165) is 5.56 Å². The van der Waals surface area contributed by atoms with Gasteiger partial charge in [0.2, 0.25) is 0 Å². The molecular formula is C16H22N2O3. The average molecular weight is 290 g/mol. The van der Waals surface area contributed by atoms with Gasteiger partial charge in [-0.1, -0.05) is 30.3 Å². The quantitative estimate of drug-likeness (QED) is 0.843. The van der Waals surface area contributed by atoms with Crippen LogP contribution < -0.4 is 5.32 Å². The summed E-state index contributed by atoms with van der Waals surface area (Å²) in [5.74, 6) is -0.179. The van der Waals surface area contributed by atoms with Crippen molar-refractivity contribution in [1.82, 2.24) is 10.2 Å². The molecule has 5 heteroatoms. The van der Waals surface area contributed by atoms with Crippen molar-refractivity contribution >= 4 is 11.9 Å². The van der Waals surface area contributed by atoms with Crippen molar-refractivity contribution in [3.63, 3.8) is 0 Å². The second-order valence-electron chi connectivity index (χ2n) is 6.14. The van der Waals surface area contributed by atoms with Crippen LogP contribution in [0, 0.1) is 0 Å². The van der Waals surface area contributed by atoms with Gasteiger partial charge in [0.15, 0.2) is 0 Å². The number of nitrogens with zero attached hydrogens (tertiary/aromatic N) is 1. The molecule has 1 aliphatic heterocycles. The van der Waals surface area contributed by atoms with Gasteiger partial charge < -0.3 is 10.1 Å². The summed E-state index contributed by atoms with van der Waals surface area (Å²) in [4.78, 5) is 25.4. The highest BCUT2D eigenvalue weighted by molar-refractivity contribution is 6.04. The van der Waals surface area contributed by atoms with E-state index < -0.39 is 6.04 Å². The Hall–Kier alpha value is -1.88. The minimum absolute atomic E-state index is 0.179. The molecule has 0 spiro atoms. The van der Waals surface area contributed by atoms with E-state index in [0.29, 0.717) is 13.0 Å². The van der Waals surface area contributed by atoms with E-state index in [1.807, 2.05) is 51.1 Å². The zero-order valence-corrected chi connectivity index (χ0v) is 12.8. The van der Waals surface area contributed by atoms with Gasteiger partial charge in [-0.25, -0.2) is 4.79 Å². The predicted molar refractivity (Wildman–Crippen MR) is 79.9 cm³/mol. The molecule has 114 valence electrons. The smallest absolute Gasteiger partial charge is 0.324 e. The Morgan fingerprint density at radius 1 is 1.19 bits per heavy atom. The van der Waals surface area contributed by atoms with Crippen molar-refractivity contribution in [3.05, 3.63) is 35.9 Å². The highest BCUT2D eigenvalue weighted by atomic mass is 16.5. The molecule has 1 heterocycles. The molecule has 0 unspecified atom stereocenters. The number of ether oxygens (including phenoxy) is 1. The van der Waals surface area contributed by atoms with Gasteiger partial charge in [0, 0.05) is 6.42 Å². The molecule has 2 rings (SSSR count). The largest absolute Gasteiger partial charge is 0.374 e. The molecule has 1 atom stereocenters. The molecule has 1 N–H and O–H groups in total. The number of urea groups is 1. The SMILES string of the molecule is CC(C)(C)OCCN1C(=O)N[C@H](Cc2ccccc2)C1=O. The first kappa shape index (κ1) is 15.5. The van der Waals surface area contributed by atoms with Crippen LogP contribution in [-0.4, -0.2) is 41.6 Å².